The van der Waals surface area contributed by atoms with Gasteiger partial charge in [0.2, 0.25) is 0 Å². The van der Waals surface area contributed by atoms with Gasteiger partial charge in [0.25, 0.3) is 5.91 Å². The topological polar surface area (TPSA) is 55.4 Å². The Kier molecular flexibility index (Phi) is 5.73. The van der Waals surface area contributed by atoms with Crippen LogP contribution in [0.25, 0.3) is 0 Å². The molecule has 0 unspecified atom stereocenters. The fourth-order valence-corrected chi connectivity index (χ4v) is 2.38. The van der Waals surface area contributed by atoms with E-state index < -0.39 is 24.3 Å². The molecule has 7 heteroatoms. The number of hydrogen-bond acceptors (Lipinski definition) is 3. The first-order valence-electron chi connectivity index (χ1n) is 6.14. The fourth-order valence-electron chi connectivity index (χ4n) is 1.61. The van der Waals surface area contributed by atoms with Gasteiger partial charge in [-0.1, -0.05) is 23.7 Å². The van der Waals surface area contributed by atoms with Crippen molar-refractivity contribution >= 4 is 51.8 Å². The first-order chi connectivity index (χ1) is 10.5. The van der Waals surface area contributed by atoms with Crippen LogP contribution in [0.5, 0.6) is 0 Å². The van der Waals surface area contributed by atoms with Crippen molar-refractivity contribution in [3.8, 4) is 0 Å². The number of nitrogens with one attached hydrogen (secondary N) is 1. The average Bonchev–Trinajstić information content (AvgIpc) is 2.48. The van der Waals surface area contributed by atoms with Crippen LogP contribution in [0.4, 0.5) is 10.1 Å². The molecular formula is C15H10ClFINO3. The number of carbonyl (C=O) groups is 2. The van der Waals surface area contributed by atoms with E-state index in [2.05, 4.69) is 5.32 Å². The maximum Gasteiger partial charge on any atom is 0.339 e. The monoisotopic (exact) mass is 433 g/mol. The lowest BCUT2D eigenvalue weighted by molar-refractivity contribution is -0.119. The molecule has 0 fully saturated rings. The lowest BCUT2D eigenvalue weighted by Crippen LogP contribution is -2.21. The number of hydrogen-bond donors (Lipinski definition) is 1. The Labute approximate surface area is 144 Å². The first-order valence-corrected chi connectivity index (χ1v) is 7.59. The molecule has 0 bridgehead atoms. The van der Waals surface area contributed by atoms with Gasteiger partial charge in [-0.05, 0) is 52.9 Å². The standard InChI is InChI=1S/C15H10ClFINO3/c16-9-5-6-13(11(17)7-9)19-14(20)8-22-15(21)10-3-1-2-4-12(10)18/h1-7H,8H2,(H,19,20). The highest BCUT2D eigenvalue weighted by Gasteiger charge is 2.14. The van der Waals surface area contributed by atoms with Crippen molar-refractivity contribution in [2.75, 3.05) is 11.9 Å². The third-order valence-corrected chi connectivity index (χ3v) is 3.81. The van der Waals surface area contributed by atoms with E-state index in [1.807, 2.05) is 22.6 Å². The molecule has 0 radical (unpaired) electrons. The molecule has 1 amide bonds. The van der Waals surface area contributed by atoms with E-state index in [0.29, 0.717) is 9.13 Å². The number of benzene rings is 2. The summed E-state index contributed by atoms with van der Waals surface area (Å²) in [6.45, 7) is -0.508. The molecule has 0 spiro atoms. The van der Waals surface area contributed by atoms with Crippen molar-refractivity contribution in [1.82, 2.24) is 0 Å². The Balaban J connectivity index is 1.93. The molecule has 2 rings (SSSR count). The molecule has 2 aromatic rings. The van der Waals surface area contributed by atoms with Gasteiger partial charge in [-0.2, -0.15) is 0 Å². The Morgan fingerprint density at radius 2 is 1.95 bits per heavy atom. The average molecular weight is 434 g/mol. The molecular weight excluding hydrogens is 424 g/mol. The van der Waals surface area contributed by atoms with E-state index in [0.717, 1.165) is 6.07 Å². The van der Waals surface area contributed by atoms with E-state index in [-0.39, 0.29) is 10.7 Å². The minimum atomic E-state index is -0.662. The summed E-state index contributed by atoms with van der Waals surface area (Å²) in [6.07, 6.45) is 0. The lowest BCUT2D eigenvalue weighted by atomic mass is 10.2. The van der Waals surface area contributed by atoms with Gasteiger partial charge in [-0.3, -0.25) is 4.79 Å². The van der Waals surface area contributed by atoms with Crippen LogP contribution in [-0.2, 0) is 9.53 Å². The van der Waals surface area contributed by atoms with E-state index in [9.17, 15) is 14.0 Å². The number of carbonyl (C=O) groups excluding carboxylic acids is 2. The number of rotatable bonds is 4. The van der Waals surface area contributed by atoms with Crippen LogP contribution < -0.4 is 5.32 Å². The van der Waals surface area contributed by atoms with Crippen LogP contribution in [0.2, 0.25) is 5.02 Å². The van der Waals surface area contributed by atoms with Gasteiger partial charge in [-0.25, -0.2) is 9.18 Å². The summed E-state index contributed by atoms with van der Waals surface area (Å²) in [6, 6.07) is 10.7. The van der Waals surface area contributed by atoms with E-state index >= 15 is 0 Å². The predicted molar refractivity (Wildman–Crippen MR) is 89.5 cm³/mol. The third-order valence-electron chi connectivity index (χ3n) is 2.63. The Bertz CT molecular complexity index is 724. The van der Waals surface area contributed by atoms with Crippen LogP contribution in [0.15, 0.2) is 42.5 Å². The zero-order valence-corrected chi connectivity index (χ0v) is 14.0. The van der Waals surface area contributed by atoms with Crippen LogP contribution >= 0.6 is 34.2 Å². The maximum atomic E-state index is 13.5. The largest absolute Gasteiger partial charge is 0.452 e. The van der Waals surface area contributed by atoms with E-state index in [1.54, 1.807) is 24.3 Å². The van der Waals surface area contributed by atoms with Crippen molar-refractivity contribution in [1.29, 1.82) is 0 Å². The van der Waals surface area contributed by atoms with Crippen LogP contribution in [0.1, 0.15) is 10.4 Å². The highest BCUT2D eigenvalue weighted by Crippen LogP contribution is 2.18. The number of amides is 1. The normalized spacial score (nSPS) is 10.1. The summed E-state index contributed by atoms with van der Waals surface area (Å²) in [7, 11) is 0. The Morgan fingerprint density at radius 1 is 1.23 bits per heavy atom. The molecule has 0 aliphatic carbocycles. The molecule has 0 saturated heterocycles. The zero-order chi connectivity index (χ0) is 16.1. The molecule has 114 valence electrons. The second-order valence-electron chi connectivity index (χ2n) is 4.23. The molecule has 0 saturated carbocycles. The summed E-state index contributed by atoms with van der Waals surface area (Å²) in [5.74, 6) is -1.91. The third kappa shape index (κ3) is 4.41. The zero-order valence-electron chi connectivity index (χ0n) is 11.1. The van der Waals surface area contributed by atoms with Crippen molar-refractivity contribution in [2.24, 2.45) is 0 Å². The molecule has 0 aromatic heterocycles. The van der Waals surface area contributed by atoms with Crippen molar-refractivity contribution < 1.29 is 18.7 Å². The van der Waals surface area contributed by atoms with Crippen LogP contribution in [-0.4, -0.2) is 18.5 Å². The van der Waals surface area contributed by atoms with Gasteiger partial charge in [-0.15, -0.1) is 0 Å². The second-order valence-corrected chi connectivity index (χ2v) is 5.83. The van der Waals surface area contributed by atoms with E-state index in [1.165, 1.54) is 12.1 Å². The number of halogens is 3. The fraction of sp³-hybridized carbons (Fsp3) is 0.0667. The smallest absolute Gasteiger partial charge is 0.339 e. The lowest BCUT2D eigenvalue weighted by Gasteiger charge is -2.08. The van der Waals surface area contributed by atoms with Gasteiger partial charge in [0.15, 0.2) is 6.61 Å². The molecule has 0 aliphatic heterocycles. The Hall–Kier alpha value is -1.67. The molecule has 2 aromatic carbocycles. The molecule has 0 atom stereocenters. The summed E-state index contributed by atoms with van der Waals surface area (Å²) in [5.41, 5.74) is 0.341. The minimum absolute atomic E-state index is 0.0280. The van der Waals surface area contributed by atoms with Gasteiger partial charge in [0.05, 0.1) is 11.3 Å². The summed E-state index contributed by atoms with van der Waals surface area (Å²) >= 11 is 7.61. The van der Waals surface area contributed by atoms with Crippen molar-refractivity contribution in [2.45, 2.75) is 0 Å². The van der Waals surface area contributed by atoms with Gasteiger partial charge < -0.3 is 10.1 Å². The highest BCUT2D eigenvalue weighted by molar-refractivity contribution is 14.1. The maximum absolute atomic E-state index is 13.5. The summed E-state index contributed by atoms with van der Waals surface area (Å²) in [4.78, 5) is 23.5. The highest BCUT2D eigenvalue weighted by atomic mass is 127. The first kappa shape index (κ1) is 16.7. The number of ether oxygens (including phenoxy) is 1. The van der Waals surface area contributed by atoms with Gasteiger partial charge in [0, 0.05) is 8.59 Å². The van der Waals surface area contributed by atoms with Gasteiger partial charge >= 0.3 is 5.97 Å². The molecule has 0 heterocycles. The summed E-state index contributed by atoms with van der Waals surface area (Å²) < 4.78 is 19.1. The summed E-state index contributed by atoms with van der Waals surface area (Å²) in [5, 5.41) is 2.53. The molecule has 1 N–H and O–H groups in total. The predicted octanol–water partition coefficient (Wildman–Crippen LogP) is 3.88. The van der Waals surface area contributed by atoms with Crippen LogP contribution in [0.3, 0.4) is 0 Å². The minimum Gasteiger partial charge on any atom is -0.452 e. The second kappa shape index (κ2) is 7.55. The van der Waals surface area contributed by atoms with Gasteiger partial charge in [0.1, 0.15) is 5.82 Å². The number of anilines is 1. The SMILES string of the molecule is O=C(COC(=O)c1ccccc1I)Nc1ccc(Cl)cc1F. The molecule has 4 nitrogen and oxygen atoms in total. The van der Waals surface area contributed by atoms with Crippen LogP contribution in [0, 0.1) is 9.39 Å². The quantitative estimate of drug-likeness (QED) is 0.588. The molecule has 22 heavy (non-hydrogen) atoms. The van der Waals surface area contributed by atoms with Crippen molar-refractivity contribution in [3.05, 3.63) is 62.4 Å². The van der Waals surface area contributed by atoms with Crippen molar-refractivity contribution in [3.63, 3.8) is 0 Å². The molecule has 0 aliphatic rings. The van der Waals surface area contributed by atoms with E-state index in [4.69, 9.17) is 16.3 Å². The number of esters is 1. The Morgan fingerprint density at radius 3 is 2.64 bits per heavy atom.